The largest absolute Gasteiger partial charge is 0.481 e. The van der Waals surface area contributed by atoms with Crippen molar-refractivity contribution < 1.29 is 29.0 Å². The molecule has 1 amide bonds. The van der Waals surface area contributed by atoms with Crippen LogP contribution in [0.4, 0.5) is 4.79 Å². The summed E-state index contributed by atoms with van der Waals surface area (Å²) >= 11 is 0. The van der Waals surface area contributed by atoms with E-state index >= 15 is 0 Å². The third-order valence-electron chi connectivity index (χ3n) is 4.04. The molecule has 0 aromatic carbocycles. The van der Waals surface area contributed by atoms with E-state index in [9.17, 15) is 14.4 Å². The van der Waals surface area contributed by atoms with Crippen molar-refractivity contribution in [2.75, 3.05) is 6.54 Å². The highest BCUT2D eigenvalue weighted by Gasteiger charge is 2.26. The summed E-state index contributed by atoms with van der Waals surface area (Å²) in [6.45, 7) is 3.92. The molecule has 0 bridgehead atoms. The SMILES string of the molecule is CCCCC(=O)OC(C)OC(=O)NCC1CCC(C(=O)O)CC1. The van der Waals surface area contributed by atoms with Crippen LogP contribution >= 0.6 is 0 Å². The van der Waals surface area contributed by atoms with E-state index in [4.69, 9.17) is 14.6 Å². The quantitative estimate of drug-likeness (QED) is 0.524. The van der Waals surface area contributed by atoms with E-state index in [1.165, 1.54) is 6.92 Å². The Kier molecular flexibility index (Phi) is 8.43. The van der Waals surface area contributed by atoms with E-state index in [-0.39, 0.29) is 17.8 Å². The number of rotatable bonds is 8. The Bertz CT molecular complexity index is 403. The summed E-state index contributed by atoms with van der Waals surface area (Å²) in [5.74, 6) is -1.12. The summed E-state index contributed by atoms with van der Waals surface area (Å²) in [4.78, 5) is 33.9. The molecule has 0 heterocycles. The van der Waals surface area contributed by atoms with Crippen LogP contribution in [0.15, 0.2) is 0 Å². The van der Waals surface area contributed by atoms with Gasteiger partial charge in [-0.25, -0.2) is 4.79 Å². The number of esters is 1. The highest BCUT2D eigenvalue weighted by atomic mass is 16.7. The second-order valence-corrected chi connectivity index (χ2v) is 6.00. The Hall–Kier alpha value is -1.79. The second-order valence-electron chi connectivity index (χ2n) is 6.00. The maximum Gasteiger partial charge on any atom is 0.410 e. The van der Waals surface area contributed by atoms with Gasteiger partial charge in [-0.3, -0.25) is 9.59 Å². The molecule has 1 aliphatic rings. The van der Waals surface area contributed by atoms with E-state index < -0.39 is 18.4 Å². The van der Waals surface area contributed by atoms with Gasteiger partial charge in [-0.05, 0) is 38.0 Å². The number of amides is 1. The van der Waals surface area contributed by atoms with Gasteiger partial charge in [0.1, 0.15) is 0 Å². The molecule has 1 atom stereocenters. The number of hydrogen-bond donors (Lipinski definition) is 2. The number of carbonyl (C=O) groups is 3. The van der Waals surface area contributed by atoms with E-state index in [0.29, 0.717) is 25.8 Å². The lowest BCUT2D eigenvalue weighted by Gasteiger charge is -2.26. The van der Waals surface area contributed by atoms with E-state index in [1.54, 1.807) is 0 Å². The Labute approximate surface area is 136 Å². The van der Waals surface area contributed by atoms with Gasteiger partial charge in [-0.1, -0.05) is 13.3 Å². The summed E-state index contributed by atoms with van der Waals surface area (Å²) in [5.41, 5.74) is 0. The number of ether oxygens (including phenoxy) is 2. The lowest BCUT2D eigenvalue weighted by molar-refractivity contribution is -0.165. The summed E-state index contributed by atoms with van der Waals surface area (Å²) < 4.78 is 9.93. The molecule has 7 heteroatoms. The average Bonchev–Trinajstić information content (AvgIpc) is 2.51. The fourth-order valence-electron chi connectivity index (χ4n) is 2.62. The molecule has 23 heavy (non-hydrogen) atoms. The maximum absolute atomic E-state index is 11.6. The van der Waals surface area contributed by atoms with E-state index in [2.05, 4.69) is 5.32 Å². The van der Waals surface area contributed by atoms with Crippen LogP contribution in [0.1, 0.15) is 58.8 Å². The Balaban J connectivity index is 2.17. The van der Waals surface area contributed by atoms with Gasteiger partial charge < -0.3 is 19.9 Å². The second kappa shape index (κ2) is 10.1. The first-order valence-corrected chi connectivity index (χ1v) is 8.29. The minimum atomic E-state index is -0.915. The van der Waals surface area contributed by atoms with Crippen LogP contribution in [0.5, 0.6) is 0 Å². The summed E-state index contributed by atoms with van der Waals surface area (Å²) in [6, 6.07) is 0. The molecule has 2 N–H and O–H groups in total. The highest BCUT2D eigenvalue weighted by molar-refractivity contribution is 5.70. The predicted octanol–water partition coefficient (Wildman–Crippen LogP) is 2.68. The standard InChI is InChI=1S/C16H27NO6/c1-3-4-5-14(18)22-11(2)23-16(21)17-10-12-6-8-13(9-7-12)15(19)20/h11-13H,3-10H2,1-2H3,(H,17,21)(H,19,20). The Morgan fingerprint density at radius 2 is 1.83 bits per heavy atom. The normalized spacial score (nSPS) is 22.0. The van der Waals surface area contributed by atoms with Crippen LogP contribution in [-0.2, 0) is 19.1 Å². The van der Waals surface area contributed by atoms with Gasteiger partial charge in [0.2, 0.25) is 6.29 Å². The number of carboxylic acid groups (broad SMARTS) is 1. The monoisotopic (exact) mass is 329 g/mol. The van der Waals surface area contributed by atoms with Crippen molar-refractivity contribution in [3.63, 3.8) is 0 Å². The zero-order chi connectivity index (χ0) is 17.2. The van der Waals surface area contributed by atoms with Crippen LogP contribution in [0.25, 0.3) is 0 Å². The van der Waals surface area contributed by atoms with Crippen molar-refractivity contribution in [2.45, 2.75) is 65.1 Å². The zero-order valence-corrected chi connectivity index (χ0v) is 13.9. The molecule has 1 unspecified atom stereocenters. The summed E-state index contributed by atoms with van der Waals surface area (Å²) in [7, 11) is 0. The molecule has 1 fully saturated rings. The molecular weight excluding hydrogens is 302 g/mol. The zero-order valence-electron chi connectivity index (χ0n) is 13.9. The first-order valence-electron chi connectivity index (χ1n) is 8.29. The molecular formula is C16H27NO6. The van der Waals surface area contributed by atoms with Gasteiger partial charge in [0.25, 0.3) is 0 Å². The number of aliphatic carboxylic acids is 1. The molecule has 1 aliphatic carbocycles. The van der Waals surface area contributed by atoms with Crippen molar-refractivity contribution in [2.24, 2.45) is 11.8 Å². The fraction of sp³-hybridized carbons (Fsp3) is 0.812. The molecule has 1 rings (SSSR count). The van der Waals surface area contributed by atoms with Crippen molar-refractivity contribution in [3.8, 4) is 0 Å². The number of hydrogen-bond acceptors (Lipinski definition) is 5. The molecule has 0 aromatic heterocycles. The molecule has 0 saturated heterocycles. The Morgan fingerprint density at radius 3 is 2.39 bits per heavy atom. The van der Waals surface area contributed by atoms with Crippen LogP contribution in [0.2, 0.25) is 0 Å². The molecule has 1 saturated carbocycles. The lowest BCUT2D eigenvalue weighted by Crippen LogP contribution is -2.35. The number of nitrogens with one attached hydrogen (secondary N) is 1. The highest BCUT2D eigenvalue weighted by Crippen LogP contribution is 2.28. The van der Waals surface area contributed by atoms with Crippen molar-refractivity contribution in [1.29, 1.82) is 0 Å². The smallest absolute Gasteiger partial charge is 0.410 e. The van der Waals surface area contributed by atoms with E-state index in [1.807, 2.05) is 6.92 Å². The summed E-state index contributed by atoms with van der Waals surface area (Å²) in [5, 5.41) is 11.6. The number of unbranched alkanes of at least 4 members (excludes halogenated alkanes) is 1. The van der Waals surface area contributed by atoms with Crippen LogP contribution in [0.3, 0.4) is 0 Å². The fourth-order valence-corrected chi connectivity index (χ4v) is 2.62. The van der Waals surface area contributed by atoms with Gasteiger partial charge in [-0.2, -0.15) is 0 Å². The molecule has 0 aromatic rings. The van der Waals surface area contributed by atoms with Crippen LogP contribution in [0, 0.1) is 11.8 Å². The number of alkyl carbamates (subject to hydrolysis) is 1. The third-order valence-corrected chi connectivity index (χ3v) is 4.04. The number of carboxylic acids is 1. The van der Waals surface area contributed by atoms with Crippen LogP contribution in [-0.4, -0.2) is 36.0 Å². The molecule has 0 spiro atoms. The molecule has 132 valence electrons. The van der Waals surface area contributed by atoms with E-state index in [0.717, 1.165) is 25.7 Å². The third kappa shape index (κ3) is 7.85. The van der Waals surface area contributed by atoms with Crippen molar-refractivity contribution in [1.82, 2.24) is 5.32 Å². The van der Waals surface area contributed by atoms with Crippen LogP contribution < -0.4 is 5.32 Å². The number of carbonyl (C=O) groups excluding carboxylic acids is 2. The van der Waals surface area contributed by atoms with Crippen molar-refractivity contribution in [3.05, 3.63) is 0 Å². The Morgan fingerprint density at radius 1 is 1.17 bits per heavy atom. The van der Waals surface area contributed by atoms with Crippen molar-refractivity contribution >= 4 is 18.0 Å². The van der Waals surface area contributed by atoms with Gasteiger partial charge in [-0.15, -0.1) is 0 Å². The van der Waals surface area contributed by atoms with Gasteiger partial charge in [0, 0.05) is 19.9 Å². The molecule has 0 aliphatic heterocycles. The maximum atomic E-state index is 11.6. The minimum Gasteiger partial charge on any atom is -0.481 e. The minimum absolute atomic E-state index is 0.263. The van der Waals surface area contributed by atoms with Gasteiger partial charge in [0.05, 0.1) is 5.92 Å². The lowest BCUT2D eigenvalue weighted by atomic mass is 9.82. The molecule has 0 radical (unpaired) electrons. The van der Waals surface area contributed by atoms with Gasteiger partial charge >= 0.3 is 18.0 Å². The average molecular weight is 329 g/mol. The predicted molar refractivity (Wildman–Crippen MR) is 82.6 cm³/mol. The molecule has 7 nitrogen and oxygen atoms in total. The summed E-state index contributed by atoms with van der Waals surface area (Å²) in [6.07, 6.45) is 3.26. The first-order chi connectivity index (χ1) is 10.9. The van der Waals surface area contributed by atoms with Gasteiger partial charge in [0.15, 0.2) is 0 Å². The first kappa shape index (κ1) is 19.3. The topological polar surface area (TPSA) is 102 Å².